The summed E-state index contributed by atoms with van der Waals surface area (Å²) >= 11 is 0. The number of hydrogen-bond acceptors (Lipinski definition) is 1. The molecule has 0 unspecified atom stereocenters. The van der Waals surface area contributed by atoms with Gasteiger partial charge in [0, 0.05) is 6.42 Å². The molecule has 1 saturated carbocycles. The number of terminal acetylenes is 1. The minimum absolute atomic E-state index is 0.258. The minimum Gasteiger partial charge on any atom is -0.392 e. The fourth-order valence-electron chi connectivity index (χ4n) is 1.63. The molecule has 0 spiro atoms. The monoisotopic (exact) mass is 180 g/mol. The van der Waals surface area contributed by atoms with Crippen LogP contribution in [0, 0.1) is 18.3 Å². The van der Waals surface area contributed by atoms with Gasteiger partial charge in [-0.25, -0.2) is 0 Å². The number of aliphatic hydroxyl groups is 1. The first kappa shape index (κ1) is 10.6. The molecule has 0 radical (unpaired) electrons. The zero-order valence-electron chi connectivity index (χ0n) is 8.34. The van der Waals surface area contributed by atoms with E-state index in [1.54, 1.807) is 0 Å². The summed E-state index contributed by atoms with van der Waals surface area (Å²) < 4.78 is 0. The lowest BCUT2D eigenvalue weighted by molar-refractivity contribution is 0.166. The highest BCUT2D eigenvalue weighted by molar-refractivity contribution is 4.86. The van der Waals surface area contributed by atoms with Crippen LogP contribution in [0.1, 0.15) is 51.4 Å². The van der Waals surface area contributed by atoms with E-state index < -0.39 is 0 Å². The molecule has 0 saturated heterocycles. The quantitative estimate of drug-likeness (QED) is 0.472. The third kappa shape index (κ3) is 5.71. The lowest BCUT2D eigenvalue weighted by Crippen LogP contribution is -2.04. The van der Waals surface area contributed by atoms with Gasteiger partial charge >= 0.3 is 0 Å². The van der Waals surface area contributed by atoms with Gasteiger partial charge in [0.15, 0.2) is 0 Å². The Morgan fingerprint density at radius 3 is 2.69 bits per heavy atom. The van der Waals surface area contributed by atoms with Gasteiger partial charge in [-0.1, -0.05) is 38.5 Å². The van der Waals surface area contributed by atoms with E-state index in [1.807, 2.05) is 0 Å². The highest BCUT2D eigenvalue weighted by Gasteiger charge is 2.19. The van der Waals surface area contributed by atoms with Crippen LogP contribution in [0.25, 0.3) is 0 Å². The van der Waals surface area contributed by atoms with Crippen LogP contribution in [-0.2, 0) is 0 Å². The maximum Gasteiger partial charge on any atom is 0.0649 e. The van der Waals surface area contributed by atoms with Crippen LogP contribution in [-0.4, -0.2) is 11.2 Å². The van der Waals surface area contributed by atoms with Gasteiger partial charge in [-0.2, -0.15) is 0 Å². The SMILES string of the molecule is C#CC[C@H](O)CCCCCC1CC1. The molecule has 1 aliphatic rings. The van der Waals surface area contributed by atoms with Crippen molar-refractivity contribution in [2.45, 2.75) is 57.5 Å². The smallest absolute Gasteiger partial charge is 0.0649 e. The van der Waals surface area contributed by atoms with Crippen molar-refractivity contribution in [3.63, 3.8) is 0 Å². The first-order chi connectivity index (χ1) is 6.33. The van der Waals surface area contributed by atoms with Crippen molar-refractivity contribution in [2.75, 3.05) is 0 Å². The predicted octanol–water partition coefficient (Wildman–Crippen LogP) is 2.73. The average molecular weight is 180 g/mol. The lowest BCUT2D eigenvalue weighted by atomic mass is 10.1. The molecule has 0 amide bonds. The highest BCUT2D eigenvalue weighted by Crippen LogP contribution is 2.34. The molecule has 1 aliphatic carbocycles. The molecule has 0 aromatic heterocycles. The maximum atomic E-state index is 9.33. The Bertz CT molecular complexity index is 164. The average Bonchev–Trinajstić information content (AvgIpc) is 2.88. The summed E-state index contributed by atoms with van der Waals surface area (Å²) in [7, 11) is 0. The number of rotatable bonds is 7. The van der Waals surface area contributed by atoms with E-state index in [0.29, 0.717) is 6.42 Å². The second-order valence-corrected chi connectivity index (χ2v) is 4.14. The van der Waals surface area contributed by atoms with Crippen molar-refractivity contribution >= 4 is 0 Å². The van der Waals surface area contributed by atoms with Gasteiger partial charge in [-0.05, 0) is 12.3 Å². The zero-order valence-corrected chi connectivity index (χ0v) is 8.34. The fraction of sp³-hybridized carbons (Fsp3) is 0.833. The predicted molar refractivity (Wildman–Crippen MR) is 55.3 cm³/mol. The van der Waals surface area contributed by atoms with Crippen molar-refractivity contribution in [1.82, 2.24) is 0 Å². The number of hydrogen-bond donors (Lipinski definition) is 1. The largest absolute Gasteiger partial charge is 0.392 e. The van der Waals surface area contributed by atoms with Gasteiger partial charge < -0.3 is 5.11 Å². The van der Waals surface area contributed by atoms with Crippen LogP contribution in [0.4, 0.5) is 0 Å². The van der Waals surface area contributed by atoms with Crippen LogP contribution in [0.2, 0.25) is 0 Å². The minimum atomic E-state index is -0.258. The normalized spacial score (nSPS) is 18.2. The van der Waals surface area contributed by atoms with Gasteiger partial charge in [0.2, 0.25) is 0 Å². The van der Waals surface area contributed by atoms with Gasteiger partial charge in [0.05, 0.1) is 6.10 Å². The van der Waals surface area contributed by atoms with Crippen LogP contribution in [0.5, 0.6) is 0 Å². The summed E-state index contributed by atoms with van der Waals surface area (Å²) in [4.78, 5) is 0. The first-order valence-electron chi connectivity index (χ1n) is 5.44. The molecule has 13 heavy (non-hydrogen) atoms. The fourth-order valence-corrected chi connectivity index (χ4v) is 1.63. The molecule has 0 aromatic carbocycles. The molecule has 74 valence electrons. The third-order valence-electron chi connectivity index (χ3n) is 2.70. The Morgan fingerprint density at radius 2 is 2.08 bits per heavy atom. The molecular formula is C12H20O. The van der Waals surface area contributed by atoms with E-state index >= 15 is 0 Å². The van der Waals surface area contributed by atoms with Crippen LogP contribution < -0.4 is 0 Å². The Kier molecular flexibility index (Phi) is 4.93. The molecule has 1 heteroatoms. The molecule has 0 heterocycles. The maximum absolute atomic E-state index is 9.33. The van der Waals surface area contributed by atoms with Gasteiger partial charge in [0.25, 0.3) is 0 Å². The topological polar surface area (TPSA) is 20.2 Å². The molecule has 1 rings (SSSR count). The van der Waals surface area contributed by atoms with E-state index in [0.717, 1.165) is 18.8 Å². The van der Waals surface area contributed by atoms with Crippen LogP contribution in [0.3, 0.4) is 0 Å². The lowest BCUT2D eigenvalue weighted by Gasteiger charge is -2.05. The molecule has 1 N–H and O–H groups in total. The van der Waals surface area contributed by atoms with E-state index in [-0.39, 0.29) is 6.10 Å². The Labute approximate surface area is 81.5 Å². The van der Waals surface area contributed by atoms with E-state index in [9.17, 15) is 5.11 Å². The first-order valence-corrected chi connectivity index (χ1v) is 5.44. The Balaban J connectivity index is 1.79. The van der Waals surface area contributed by atoms with Crippen molar-refractivity contribution in [3.8, 4) is 12.3 Å². The highest BCUT2D eigenvalue weighted by atomic mass is 16.3. The van der Waals surface area contributed by atoms with Gasteiger partial charge in [-0.3, -0.25) is 0 Å². The Morgan fingerprint density at radius 1 is 1.31 bits per heavy atom. The van der Waals surface area contributed by atoms with Crippen molar-refractivity contribution < 1.29 is 5.11 Å². The van der Waals surface area contributed by atoms with Crippen molar-refractivity contribution in [3.05, 3.63) is 0 Å². The van der Waals surface area contributed by atoms with Crippen molar-refractivity contribution in [1.29, 1.82) is 0 Å². The number of aliphatic hydroxyl groups excluding tert-OH is 1. The molecule has 0 bridgehead atoms. The van der Waals surface area contributed by atoms with E-state index in [2.05, 4.69) is 5.92 Å². The molecule has 1 nitrogen and oxygen atoms in total. The summed E-state index contributed by atoms with van der Waals surface area (Å²) in [6, 6.07) is 0. The second kappa shape index (κ2) is 6.05. The van der Waals surface area contributed by atoms with Crippen LogP contribution >= 0.6 is 0 Å². The summed E-state index contributed by atoms with van der Waals surface area (Å²) in [6.07, 6.45) is 14.3. The van der Waals surface area contributed by atoms with E-state index in [1.165, 1.54) is 32.1 Å². The summed E-state index contributed by atoms with van der Waals surface area (Å²) in [5.41, 5.74) is 0. The summed E-state index contributed by atoms with van der Waals surface area (Å²) in [6.45, 7) is 0. The van der Waals surface area contributed by atoms with Crippen molar-refractivity contribution in [2.24, 2.45) is 5.92 Å². The molecule has 1 atom stereocenters. The summed E-state index contributed by atoms with van der Waals surface area (Å²) in [5.74, 6) is 3.54. The van der Waals surface area contributed by atoms with Crippen LogP contribution in [0.15, 0.2) is 0 Å². The van der Waals surface area contributed by atoms with Gasteiger partial charge in [-0.15, -0.1) is 12.3 Å². The second-order valence-electron chi connectivity index (χ2n) is 4.14. The molecule has 0 aliphatic heterocycles. The molecule has 0 aromatic rings. The standard InChI is InChI=1S/C12H20O/c1-2-6-12(13)8-5-3-4-7-11-9-10-11/h1,11-13H,3-10H2/t12-/m0/s1. The van der Waals surface area contributed by atoms with Gasteiger partial charge in [0.1, 0.15) is 0 Å². The molecule has 1 fully saturated rings. The number of unbranched alkanes of at least 4 members (excludes halogenated alkanes) is 2. The molecular weight excluding hydrogens is 160 g/mol. The zero-order chi connectivity index (χ0) is 9.52. The third-order valence-corrected chi connectivity index (χ3v) is 2.70. The van der Waals surface area contributed by atoms with E-state index in [4.69, 9.17) is 6.42 Å². The summed E-state index contributed by atoms with van der Waals surface area (Å²) in [5, 5.41) is 9.33. The Hall–Kier alpha value is -0.480.